The zero-order valence-electron chi connectivity index (χ0n) is 10.2. The minimum Gasteiger partial charge on any atom is -0.394 e. The lowest BCUT2D eigenvalue weighted by molar-refractivity contribution is -0.383. The number of non-ortho nitro benzene ring substituents is 1. The maximum absolute atomic E-state index is 11.0. The SMILES string of the molecule is O=[N+]([O-])c1ccc(NC2(CO)CC2)c2cccnc12. The molecule has 1 saturated carbocycles. The molecule has 1 aliphatic rings. The Kier molecular flexibility index (Phi) is 2.60. The van der Waals surface area contributed by atoms with Crippen LogP contribution in [0.4, 0.5) is 11.4 Å². The van der Waals surface area contributed by atoms with E-state index < -0.39 is 4.92 Å². The van der Waals surface area contributed by atoms with Gasteiger partial charge in [0.05, 0.1) is 17.1 Å². The zero-order chi connectivity index (χ0) is 13.5. The Labute approximate surface area is 109 Å². The van der Waals surface area contributed by atoms with Crippen LogP contribution in [-0.2, 0) is 0 Å². The number of nitrogens with zero attached hydrogens (tertiary/aromatic N) is 2. The Bertz CT molecular complexity index is 653. The van der Waals surface area contributed by atoms with Crippen LogP contribution in [0.5, 0.6) is 0 Å². The van der Waals surface area contributed by atoms with E-state index in [-0.39, 0.29) is 17.8 Å². The normalized spacial score (nSPS) is 16.3. The smallest absolute Gasteiger partial charge is 0.295 e. The van der Waals surface area contributed by atoms with Crippen molar-refractivity contribution in [3.8, 4) is 0 Å². The molecule has 0 bridgehead atoms. The summed E-state index contributed by atoms with van der Waals surface area (Å²) < 4.78 is 0. The van der Waals surface area contributed by atoms with Gasteiger partial charge in [-0.15, -0.1) is 0 Å². The minimum atomic E-state index is -0.432. The fraction of sp³-hybridized carbons (Fsp3) is 0.308. The highest BCUT2D eigenvalue weighted by Crippen LogP contribution is 2.40. The Morgan fingerprint density at radius 2 is 2.21 bits per heavy atom. The first-order valence-electron chi connectivity index (χ1n) is 6.06. The number of anilines is 1. The number of nitro benzene ring substituents is 1. The minimum absolute atomic E-state index is 0.00463. The molecule has 6 nitrogen and oxygen atoms in total. The number of rotatable bonds is 4. The highest BCUT2D eigenvalue weighted by Gasteiger charge is 2.42. The predicted octanol–water partition coefficient (Wildman–Crippen LogP) is 2.08. The number of aromatic nitrogens is 1. The number of nitro groups is 1. The van der Waals surface area contributed by atoms with Crippen molar-refractivity contribution in [2.24, 2.45) is 0 Å². The molecule has 3 rings (SSSR count). The van der Waals surface area contributed by atoms with Gasteiger partial charge in [-0.1, -0.05) is 0 Å². The second kappa shape index (κ2) is 4.17. The monoisotopic (exact) mass is 259 g/mol. The number of fused-ring (bicyclic) bond motifs is 1. The Morgan fingerprint density at radius 1 is 1.42 bits per heavy atom. The van der Waals surface area contributed by atoms with Crippen molar-refractivity contribution < 1.29 is 10.0 Å². The van der Waals surface area contributed by atoms with E-state index in [1.165, 1.54) is 12.3 Å². The van der Waals surface area contributed by atoms with Crippen LogP contribution in [-0.4, -0.2) is 27.2 Å². The van der Waals surface area contributed by atoms with Crippen LogP contribution in [0.15, 0.2) is 30.5 Å². The molecule has 0 amide bonds. The van der Waals surface area contributed by atoms with Gasteiger partial charge in [0, 0.05) is 23.3 Å². The van der Waals surface area contributed by atoms with Crippen LogP contribution in [0.2, 0.25) is 0 Å². The summed E-state index contributed by atoms with van der Waals surface area (Å²) in [6.45, 7) is 0.0613. The summed E-state index contributed by atoms with van der Waals surface area (Å²) in [5.74, 6) is 0. The molecule has 2 aromatic rings. The number of pyridine rings is 1. The van der Waals surface area contributed by atoms with Gasteiger partial charge < -0.3 is 10.4 Å². The Morgan fingerprint density at radius 3 is 2.84 bits per heavy atom. The average Bonchev–Trinajstić information content (AvgIpc) is 3.19. The van der Waals surface area contributed by atoms with Gasteiger partial charge >= 0.3 is 0 Å². The molecule has 1 aromatic heterocycles. The lowest BCUT2D eigenvalue weighted by atomic mass is 10.1. The molecule has 0 saturated heterocycles. The van der Waals surface area contributed by atoms with Gasteiger partial charge in [0.1, 0.15) is 5.52 Å². The standard InChI is InChI=1S/C13H13N3O3/c17-8-13(5-6-13)15-10-3-4-11(16(18)19)12-9(10)2-1-7-14-12/h1-4,7,15,17H,5-6,8H2. The third kappa shape index (κ3) is 2.00. The Hall–Kier alpha value is -2.21. The van der Waals surface area contributed by atoms with Gasteiger partial charge in [0.15, 0.2) is 0 Å². The van der Waals surface area contributed by atoms with Crippen LogP contribution >= 0.6 is 0 Å². The van der Waals surface area contributed by atoms with Crippen molar-refractivity contribution in [2.45, 2.75) is 18.4 Å². The first-order chi connectivity index (χ1) is 9.15. The average molecular weight is 259 g/mol. The van der Waals surface area contributed by atoms with E-state index in [2.05, 4.69) is 10.3 Å². The summed E-state index contributed by atoms with van der Waals surface area (Å²) in [6.07, 6.45) is 3.35. The van der Waals surface area contributed by atoms with Crippen molar-refractivity contribution in [3.05, 3.63) is 40.6 Å². The fourth-order valence-electron chi connectivity index (χ4n) is 2.17. The molecule has 0 aliphatic heterocycles. The van der Waals surface area contributed by atoms with Gasteiger partial charge in [-0.2, -0.15) is 0 Å². The molecular formula is C13H13N3O3. The van der Waals surface area contributed by atoms with Crippen molar-refractivity contribution in [1.29, 1.82) is 0 Å². The van der Waals surface area contributed by atoms with Crippen molar-refractivity contribution in [1.82, 2.24) is 4.98 Å². The molecule has 1 aromatic carbocycles. The highest BCUT2D eigenvalue weighted by atomic mass is 16.6. The van der Waals surface area contributed by atoms with E-state index >= 15 is 0 Å². The van der Waals surface area contributed by atoms with Gasteiger partial charge in [-0.25, -0.2) is 4.98 Å². The molecule has 1 fully saturated rings. The molecule has 0 radical (unpaired) electrons. The van der Waals surface area contributed by atoms with E-state index in [4.69, 9.17) is 0 Å². The zero-order valence-corrected chi connectivity index (χ0v) is 10.2. The van der Waals surface area contributed by atoms with Crippen molar-refractivity contribution in [3.63, 3.8) is 0 Å². The number of hydrogen-bond donors (Lipinski definition) is 2. The maximum atomic E-state index is 11.0. The topological polar surface area (TPSA) is 88.3 Å². The number of nitrogens with one attached hydrogen (secondary N) is 1. The summed E-state index contributed by atoms with van der Waals surface area (Å²) in [4.78, 5) is 14.6. The third-order valence-corrected chi connectivity index (χ3v) is 3.50. The molecule has 0 spiro atoms. The number of benzene rings is 1. The van der Waals surface area contributed by atoms with Gasteiger partial charge in [-0.3, -0.25) is 10.1 Å². The number of hydrogen-bond acceptors (Lipinski definition) is 5. The molecule has 0 unspecified atom stereocenters. The molecule has 19 heavy (non-hydrogen) atoms. The van der Waals surface area contributed by atoms with Gasteiger partial charge in [0.2, 0.25) is 0 Å². The molecule has 0 atom stereocenters. The van der Waals surface area contributed by atoms with Crippen LogP contribution in [0.1, 0.15) is 12.8 Å². The van der Waals surface area contributed by atoms with Crippen LogP contribution in [0.25, 0.3) is 10.9 Å². The quantitative estimate of drug-likeness (QED) is 0.648. The molecule has 98 valence electrons. The fourth-order valence-corrected chi connectivity index (χ4v) is 2.17. The first-order valence-corrected chi connectivity index (χ1v) is 6.06. The predicted molar refractivity (Wildman–Crippen MR) is 71.1 cm³/mol. The van der Waals surface area contributed by atoms with Crippen LogP contribution in [0.3, 0.4) is 0 Å². The molecule has 1 heterocycles. The van der Waals surface area contributed by atoms with E-state index in [1.54, 1.807) is 18.2 Å². The van der Waals surface area contributed by atoms with Crippen molar-refractivity contribution >= 4 is 22.3 Å². The van der Waals surface area contributed by atoms with Crippen LogP contribution < -0.4 is 5.32 Å². The highest BCUT2D eigenvalue weighted by molar-refractivity contribution is 5.97. The molecule has 6 heteroatoms. The van der Waals surface area contributed by atoms with Gasteiger partial charge in [0.25, 0.3) is 5.69 Å². The summed E-state index contributed by atoms with van der Waals surface area (Å²) in [7, 11) is 0. The molecular weight excluding hydrogens is 246 g/mol. The van der Waals surface area contributed by atoms with Gasteiger partial charge in [-0.05, 0) is 31.0 Å². The number of aliphatic hydroxyl groups is 1. The van der Waals surface area contributed by atoms with E-state index in [9.17, 15) is 15.2 Å². The summed E-state index contributed by atoms with van der Waals surface area (Å²) in [5.41, 5.74) is 0.875. The number of aliphatic hydroxyl groups excluding tert-OH is 1. The largest absolute Gasteiger partial charge is 0.394 e. The second-order valence-electron chi connectivity index (χ2n) is 4.85. The van der Waals surface area contributed by atoms with E-state index in [0.717, 1.165) is 18.5 Å². The summed E-state index contributed by atoms with van der Waals surface area (Å²) >= 11 is 0. The van der Waals surface area contributed by atoms with E-state index in [0.29, 0.717) is 10.9 Å². The summed E-state index contributed by atoms with van der Waals surface area (Å²) in [5, 5.41) is 24.3. The molecule has 2 N–H and O–H groups in total. The van der Waals surface area contributed by atoms with Crippen molar-refractivity contribution in [2.75, 3.05) is 11.9 Å². The van der Waals surface area contributed by atoms with E-state index in [1.807, 2.05) is 0 Å². The Balaban J connectivity index is 2.11. The molecule has 1 aliphatic carbocycles. The maximum Gasteiger partial charge on any atom is 0.295 e. The lowest BCUT2D eigenvalue weighted by Gasteiger charge is -2.17. The van der Waals surface area contributed by atoms with Crippen LogP contribution in [0, 0.1) is 10.1 Å². The third-order valence-electron chi connectivity index (χ3n) is 3.50. The first kappa shape index (κ1) is 11.9. The second-order valence-corrected chi connectivity index (χ2v) is 4.85. The summed E-state index contributed by atoms with van der Waals surface area (Å²) in [6, 6.07) is 6.67. The lowest BCUT2D eigenvalue weighted by Crippen LogP contribution is -2.25.